The highest BCUT2D eigenvalue weighted by atomic mass is 19.4. The molecule has 0 unspecified atom stereocenters. The number of benzene rings is 2. The van der Waals surface area contributed by atoms with Gasteiger partial charge in [-0.05, 0) is 42.3 Å². The van der Waals surface area contributed by atoms with E-state index in [1.54, 1.807) is 6.92 Å². The molecule has 1 fully saturated rings. The van der Waals surface area contributed by atoms with Gasteiger partial charge < -0.3 is 30.5 Å². The van der Waals surface area contributed by atoms with Gasteiger partial charge in [-0.3, -0.25) is 19.2 Å². The molecule has 2 atom stereocenters. The molecule has 2 aliphatic rings. The van der Waals surface area contributed by atoms with Crippen LogP contribution < -0.4 is 16.0 Å². The van der Waals surface area contributed by atoms with E-state index in [1.807, 2.05) is 0 Å². The number of ether oxygens (including phenoxy) is 1. The number of anilines is 1. The molecule has 0 radical (unpaired) electrons. The predicted molar refractivity (Wildman–Crippen MR) is 147 cm³/mol. The van der Waals surface area contributed by atoms with Gasteiger partial charge in [-0.15, -0.1) is 0 Å². The second-order valence-electron chi connectivity index (χ2n) is 10.4. The van der Waals surface area contributed by atoms with Crippen molar-refractivity contribution < 1.29 is 46.3 Å². The van der Waals surface area contributed by atoms with Crippen molar-refractivity contribution in [3.63, 3.8) is 0 Å². The van der Waals surface area contributed by atoms with E-state index < -0.39 is 67.1 Å². The molecule has 1 saturated heterocycles. The Labute approximate surface area is 249 Å². The van der Waals surface area contributed by atoms with Crippen molar-refractivity contribution in [2.24, 2.45) is 0 Å². The lowest BCUT2D eigenvalue weighted by Gasteiger charge is -2.32. The number of nitrogens with zero attached hydrogens (tertiary/aromatic N) is 2. The molecule has 2 aromatic rings. The van der Waals surface area contributed by atoms with Gasteiger partial charge in [0.15, 0.2) is 5.78 Å². The lowest BCUT2D eigenvalue weighted by atomic mass is 9.94. The van der Waals surface area contributed by atoms with Crippen LogP contribution in [0.5, 0.6) is 0 Å². The third-order valence-electron chi connectivity index (χ3n) is 7.42. The molecule has 1 aliphatic carbocycles. The number of Topliss-reactive ketones (excluding diaryl/α,β-unsaturated/α-hetero) is 1. The first-order valence-electron chi connectivity index (χ1n) is 13.8. The van der Waals surface area contributed by atoms with Crippen LogP contribution in [-0.2, 0) is 42.5 Å². The fourth-order valence-corrected chi connectivity index (χ4v) is 4.97. The third-order valence-corrected chi connectivity index (χ3v) is 7.42. The average molecular weight is 622 g/mol. The standard InChI is InChI=1S/C29H31F4N5O6/c1-3-24(40)34-10-11-35-27(43)36-21-8-9-22-19(12-21)13-23(39)28(22)26(42)37(16-44-28)15-25(41)38(17(2)29(31,32)33)14-18-4-6-20(30)7-5-18/h4-9,12,17H,3,10-11,13-16H2,1-2H3,(H,34,40)(H2,35,36,43)/t17-,28+/m0/s1. The third kappa shape index (κ3) is 6.82. The van der Waals surface area contributed by atoms with E-state index in [2.05, 4.69) is 16.0 Å². The van der Waals surface area contributed by atoms with E-state index in [1.165, 1.54) is 30.3 Å². The van der Waals surface area contributed by atoms with E-state index in [0.29, 0.717) is 22.6 Å². The Balaban J connectivity index is 1.45. The Hall–Kier alpha value is -4.53. The number of nitrogens with one attached hydrogen (secondary N) is 3. The average Bonchev–Trinajstić information content (AvgIpc) is 3.45. The minimum atomic E-state index is -4.78. The van der Waals surface area contributed by atoms with E-state index in [4.69, 9.17) is 4.74 Å². The van der Waals surface area contributed by atoms with Gasteiger partial charge in [0.25, 0.3) is 5.91 Å². The topological polar surface area (TPSA) is 137 Å². The Kier molecular flexibility index (Phi) is 9.56. The Bertz CT molecular complexity index is 1450. The summed E-state index contributed by atoms with van der Waals surface area (Å²) in [6.45, 7) is 1.11. The lowest BCUT2D eigenvalue weighted by molar-refractivity contribution is -0.187. The summed E-state index contributed by atoms with van der Waals surface area (Å²) in [5.74, 6) is -3.30. The molecule has 4 rings (SSSR count). The summed E-state index contributed by atoms with van der Waals surface area (Å²) >= 11 is 0. The van der Waals surface area contributed by atoms with E-state index in [-0.39, 0.29) is 36.5 Å². The molecule has 0 aromatic heterocycles. The summed E-state index contributed by atoms with van der Waals surface area (Å²) in [4.78, 5) is 64.8. The first-order valence-corrected chi connectivity index (χ1v) is 13.8. The van der Waals surface area contributed by atoms with Crippen molar-refractivity contribution in [2.45, 2.75) is 51.1 Å². The van der Waals surface area contributed by atoms with Gasteiger partial charge in [-0.2, -0.15) is 13.2 Å². The summed E-state index contributed by atoms with van der Waals surface area (Å²) in [7, 11) is 0. The monoisotopic (exact) mass is 621 g/mol. The van der Waals surface area contributed by atoms with Gasteiger partial charge in [-0.1, -0.05) is 25.1 Å². The van der Waals surface area contributed by atoms with Gasteiger partial charge in [-0.25, -0.2) is 9.18 Å². The molecule has 236 valence electrons. The summed E-state index contributed by atoms with van der Waals surface area (Å²) < 4.78 is 60.0. The van der Waals surface area contributed by atoms with Crippen LogP contribution in [0.4, 0.5) is 28.0 Å². The van der Waals surface area contributed by atoms with Crippen LogP contribution in [0.2, 0.25) is 0 Å². The molecule has 15 heteroatoms. The first-order chi connectivity index (χ1) is 20.8. The summed E-state index contributed by atoms with van der Waals surface area (Å²) in [5, 5.41) is 7.78. The number of carbonyl (C=O) groups is 5. The zero-order valence-electron chi connectivity index (χ0n) is 23.9. The molecule has 0 bridgehead atoms. The summed E-state index contributed by atoms with van der Waals surface area (Å²) in [6, 6.07) is 6.24. The zero-order chi connectivity index (χ0) is 32.2. The smallest absolute Gasteiger partial charge is 0.354 e. The molecule has 11 nitrogen and oxygen atoms in total. The Morgan fingerprint density at radius 2 is 1.75 bits per heavy atom. The van der Waals surface area contributed by atoms with Crippen molar-refractivity contribution in [1.29, 1.82) is 0 Å². The maximum absolute atomic E-state index is 13.7. The molecule has 1 spiro atoms. The number of carbonyl (C=O) groups excluding carboxylic acids is 5. The SMILES string of the molecule is CCC(=O)NCCNC(=O)Nc1ccc2c(c1)CC(=O)[C@]21OCN(CC(=O)N(Cc2ccc(F)cc2)[C@@H](C)C(F)(F)F)C1=O. The van der Waals surface area contributed by atoms with E-state index >= 15 is 0 Å². The number of fused-ring (bicyclic) bond motifs is 2. The number of rotatable bonds is 10. The molecule has 1 heterocycles. The van der Waals surface area contributed by atoms with E-state index in [0.717, 1.165) is 24.0 Å². The van der Waals surface area contributed by atoms with E-state index in [9.17, 15) is 41.5 Å². The minimum Gasteiger partial charge on any atom is -0.354 e. The van der Waals surface area contributed by atoms with Crippen LogP contribution in [0, 0.1) is 5.82 Å². The number of ketones is 1. The van der Waals surface area contributed by atoms with Gasteiger partial charge in [0.1, 0.15) is 25.1 Å². The highest BCUT2D eigenvalue weighted by Crippen LogP contribution is 2.43. The van der Waals surface area contributed by atoms with Crippen molar-refractivity contribution >= 4 is 35.2 Å². The largest absolute Gasteiger partial charge is 0.408 e. The molecule has 2 aromatic carbocycles. The van der Waals surface area contributed by atoms with Crippen LogP contribution in [0.15, 0.2) is 42.5 Å². The highest BCUT2D eigenvalue weighted by Gasteiger charge is 2.59. The Morgan fingerprint density at radius 3 is 2.41 bits per heavy atom. The van der Waals surface area contributed by atoms with Crippen LogP contribution in [0.1, 0.15) is 37.0 Å². The molecule has 0 saturated carbocycles. The molecular formula is C29H31F4N5O6. The Morgan fingerprint density at radius 1 is 1.07 bits per heavy atom. The second kappa shape index (κ2) is 13.0. The number of alkyl halides is 3. The molecule has 1 aliphatic heterocycles. The normalized spacial score (nSPS) is 18.3. The molecular weight excluding hydrogens is 590 g/mol. The van der Waals surface area contributed by atoms with Crippen LogP contribution >= 0.6 is 0 Å². The first kappa shape index (κ1) is 32.4. The maximum atomic E-state index is 13.7. The summed E-state index contributed by atoms with van der Waals surface area (Å²) in [6.07, 6.45) is -4.68. The van der Waals surface area contributed by atoms with Crippen LogP contribution in [-0.4, -0.2) is 77.9 Å². The van der Waals surface area contributed by atoms with Gasteiger partial charge in [0, 0.05) is 43.7 Å². The predicted octanol–water partition coefficient (Wildman–Crippen LogP) is 2.59. The fraction of sp³-hybridized carbons (Fsp3) is 0.414. The summed E-state index contributed by atoms with van der Waals surface area (Å²) in [5.41, 5.74) is -0.891. The lowest BCUT2D eigenvalue weighted by Crippen LogP contribution is -2.51. The highest BCUT2D eigenvalue weighted by molar-refractivity contribution is 6.15. The van der Waals surface area contributed by atoms with Crippen molar-refractivity contribution in [3.8, 4) is 0 Å². The van der Waals surface area contributed by atoms with Crippen LogP contribution in [0.25, 0.3) is 0 Å². The number of hydrogen-bond acceptors (Lipinski definition) is 6. The molecule has 5 amide bonds. The fourth-order valence-electron chi connectivity index (χ4n) is 4.97. The van der Waals surface area contributed by atoms with Crippen molar-refractivity contribution in [3.05, 3.63) is 65.0 Å². The van der Waals surface area contributed by atoms with Crippen molar-refractivity contribution in [1.82, 2.24) is 20.4 Å². The second-order valence-corrected chi connectivity index (χ2v) is 10.4. The molecule has 3 N–H and O–H groups in total. The maximum Gasteiger partial charge on any atom is 0.408 e. The van der Waals surface area contributed by atoms with Crippen LogP contribution in [0.3, 0.4) is 0 Å². The zero-order valence-corrected chi connectivity index (χ0v) is 23.9. The number of hydrogen-bond donors (Lipinski definition) is 3. The number of halogens is 4. The van der Waals surface area contributed by atoms with Gasteiger partial charge in [0.05, 0.1) is 0 Å². The number of amides is 5. The quantitative estimate of drug-likeness (QED) is 0.212. The van der Waals surface area contributed by atoms with Gasteiger partial charge in [0.2, 0.25) is 17.4 Å². The molecule has 44 heavy (non-hydrogen) atoms. The number of urea groups is 1. The van der Waals surface area contributed by atoms with Gasteiger partial charge >= 0.3 is 12.2 Å². The van der Waals surface area contributed by atoms with Crippen molar-refractivity contribution in [2.75, 3.05) is 31.7 Å². The minimum absolute atomic E-state index is 0.158.